The van der Waals surface area contributed by atoms with Crippen molar-refractivity contribution in [1.82, 2.24) is 24.8 Å². The number of aryl methyl sites for hydroxylation is 2. The second-order valence-electron chi connectivity index (χ2n) is 2.86. The summed E-state index contributed by atoms with van der Waals surface area (Å²) in [5, 5.41) is 11.7. The van der Waals surface area contributed by atoms with E-state index in [0.29, 0.717) is 5.82 Å². The van der Waals surface area contributed by atoms with Crippen LogP contribution in [0, 0.1) is 6.92 Å². The van der Waals surface area contributed by atoms with Crippen LogP contribution in [0.5, 0.6) is 0 Å². The number of rotatable bonds is 1. The molecule has 0 aliphatic rings. The zero-order valence-electron chi connectivity index (χ0n) is 7.47. The predicted molar refractivity (Wildman–Crippen MR) is 47.3 cm³/mol. The average molecular weight is 178 g/mol. The summed E-state index contributed by atoms with van der Waals surface area (Å²) >= 11 is 0. The molecule has 0 amide bonds. The van der Waals surface area contributed by atoms with E-state index in [2.05, 4.69) is 15.4 Å². The van der Waals surface area contributed by atoms with Crippen LogP contribution in [0.2, 0.25) is 0 Å². The molecule has 0 atom stereocenters. The van der Waals surface area contributed by atoms with Gasteiger partial charge in [-0.15, -0.1) is 5.10 Å². The van der Waals surface area contributed by atoms with E-state index in [-0.39, 0.29) is 0 Å². The van der Waals surface area contributed by atoms with Crippen molar-refractivity contribution in [2.45, 2.75) is 6.92 Å². The maximum Gasteiger partial charge on any atom is 0.166 e. The molecule has 0 saturated heterocycles. The van der Waals surface area contributed by atoms with Crippen molar-refractivity contribution < 1.29 is 0 Å². The topological polar surface area (TPSA) is 74.5 Å². The Morgan fingerprint density at radius 2 is 2.15 bits per heavy atom. The Kier molecular flexibility index (Phi) is 1.54. The molecule has 13 heavy (non-hydrogen) atoms. The van der Waals surface area contributed by atoms with Gasteiger partial charge in [-0.05, 0) is 6.92 Å². The summed E-state index contributed by atoms with van der Waals surface area (Å²) in [6.45, 7) is 1.91. The zero-order chi connectivity index (χ0) is 9.42. The van der Waals surface area contributed by atoms with E-state index in [1.165, 1.54) is 0 Å². The fraction of sp³-hybridized carbons (Fsp3) is 0.286. The molecule has 2 N–H and O–H groups in total. The third kappa shape index (κ3) is 1.26. The van der Waals surface area contributed by atoms with Crippen molar-refractivity contribution in [2.75, 3.05) is 5.73 Å². The van der Waals surface area contributed by atoms with Gasteiger partial charge in [0.15, 0.2) is 5.82 Å². The maximum absolute atomic E-state index is 5.45. The minimum atomic E-state index is 0.406. The highest BCUT2D eigenvalue weighted by Gasteiger charge is 2.06. The fourth-order valence-corrected chi connectivity index (χ4v) is 1.21. The number of hydrogen-bond acceptors (Lipinski definition) is 4. The van der Waals surface area contributed by atoms with Gasteiger partial charge in [-0.3, -0.25) is 4.68 Å². The lowest BCUT2D eigenvalue weighted by Gasteiger charge is -1.93. The third-order valence-electron chi connectivity index (χ3n) is 1.75. The number of nitrogen functional groups attached to an aromatic ring is 1. The molecule has 0 bridgehead atoms. The Labute approximate surface area is 75.0 Å². The van der Waals surface area contributed by atoms with Crippen LogP contribution >= 0.6 is 0 Å². The van der Waals surface area contributed by atoms with E-state index in [1.54, 1.807) is 15.6 Å². The van der Waals surface area contributed by atoms with E-state index in [1.807, 2.05) is 20.2 Å². The Morgan fingerprint density at radius 3 is 2.62 bits per heavy atom. The molecule has 0 unspecified atom stereocenters. The van der Waals surface area contributed by atoms with E-state index < -0.39 is 0 Å². The lowest BCUT2D eigenvalue weighted by atomic mass is 10.4. The van der Waals surface area contributed by atoms with Crippen molar-refractivity contribution in [3.05, 3.63) is 18.1 Å². The Balaban J connectivity index is 2.51. The first kappa shape index (κ1) is 7.78. The van der Waals surface area contributed by atoms with Gasteiger partial charge in [-0.1, -0.05) is 5.21 Å². The van der Waals surface area contributed by atoms with Crippen LogP contribution in [0.1, 0.15) is 5.69 Å². The zero-order valence-corrected chi connectivity index (χ0v) is 7.47. The van der Waals surface area contributed by atoms with Gasteiger partial charge in [0, 0.05) is 7.05 Å². The van der Waals surface area contributed by atoms with Crippen molar-refractivity contribution in [1.29, 1.82) is 0 Å². The minimum absolute atomic E-state index is 0.406. The monoisotopic (exact) mass is 178 g/mol. The summed E-state index contributed by atoms with van der Waals surface area (Å²) in [4.78, 5) is 0. The Morgan fingerprint density at radius 1 is 1.38 bits per heavy atom. The van der Waals surface area contributed by atoms with Crippen LogP contribution in [0.15, 0.2) is 12.4 Å². The van der Waals surface area contributed by atoms with E-state index in [0.717, 1.165) is 11.4 Å². The van der Waals surface area contributed by atoms with Gasteiger partial charge < -0.3 is 5.73 Å². The first-order valence-corrected chi connectivity index (χ1v) is 3.85. The first-order valence-electron chi connectivity index (χ1n) is 3.85. The summed E-state index contributed by atoms with van der Waals surface area (Å²) in [7, 11) is 1.86. The number of anilines is 1. The lowest BCUT2D eigenvalue weighted by Crippen LogP contribution is -1.95. The average Bonchev–Trinajstić information content (AvgIpc) is 2.58. The van der Waals surface area contributed by atoms with Gasteiger partial charge in [0.2, 0.25) is 0 Å². The summed E-state index contributed by atoms with van der Waals surface area (Å²) in [6.07, 6.45) is 3.52. The molecule has 6 heteroatoms. The molecule has 2 rings (SSSR count). The fourth-order valence-electron chi connectivity index (χ4n) is 1.21. The highest BCUT2D eigenvalue weighted by Crippen LogP contribution is 2.10. The largest absolute Gasteiger partial charge is 0.381 e. The van der Waals surface area contributed by atoms with E-state index >= 15 is 0 Å². The summed E-state index contributed by atoms with van der Waals surface area (Å²) in [5.74, 6) is 0.406. The van der Waals surface area contributed by atoms with Crippen LogP contribution in [0.25, 0.3) is 5.69 Å². The van der Waals surface area contributed by atoms with Gasteiger partial charge in [-0.25, -0.2) is 4.68 Å². The predicted octanol–water partition coefficient (Wildman–Crippen LogP) is -0.109. The Hall–Kier alpha value is -1.85. The van der Waals surface area contributed by atoms with Gasteiger partial charge in [0.25, 0.3) is 0 Å². The van der Waals surface area contributed by atoms with Crippen LogP contribution in [0.3, 0.4) is 0 Å². The molecule has 0 saturated carbocycles. The number of hydrogen-bond donors (Lipinski definition) is 1. The van der Waals surface area contributed by atoms with E-state index in [4.69, 9.17) is 5.73 Å². The smallest absolute Gasteiger partial charge is 0.166 e. The maximum atomic E-state index is 5.45. The van der Waals surface area contributed by atoms with Gasteiger partial charge in [-0.2, -0.15) is 5.10 Å². The molecule has 0 spiro atoms. The van der Waals surface area contributed by atoms with Crippen LogP contribution in [-0.2, 0) is 7.05 Å². The van der Waals surface area contributed by atoms with Gasteiger partial charge in [0.1, 0.15) is 5.69 Å². The quantitative estimate of drug-likeness (QED) is 0.661. The van der Waals surface area contributed by atoms with Crippen LogP contribution in [-0.4, -0.2) is 24.8 Å². The Bertz CT molecular complexity index is 426. The molecular weight excluding hydrogens is 168 g/mol. The van der Waals surface area contributed by atoms with Gasteiger partial charge >= 0.3 is 0 Å². The molecular formula is C7H10N6. The standard InChI is InChI=1S/C7H10N6/c1-5-6(3-12(2)10-5)13-4-7(8)9-11-13/h3-4H,8H2,1-2H3. The molecule has 0 aliphatic heterocycles. The summed E-state index contributed by atoms with van der Waals surface area (Å²) in [6, 6.07) is 0. The second kappa shape index (κ2) is 2.58. The highest BCUT2D eigenvalue weighted by molar-refractivity contribution is 5.35. The van der Waals surface area contributed by atoms with Gasteiger partial charge in [0.05, 0.1) is 18.1 Å². The first-order chi connectivity index (χ1) is 6.16. The minimum Gasteiger partial charge on any atom is -0.381 e. The molecule has 2 heterocycles. The molecule has 0 fully saturated rings. The third-order valence-corrected chi connectivity index (χ3v) is 1.75. The molecule has 2 aromatic rings. The lowest BCUT2D eigenvalue weighted by molar-refractivity contribution is 0.755. The summed E-state index contributed by atoms with van der Waals surface area (Å²) in [5.41, 5.74) is 7.24. The molecule has 2 aromatic heterocycles. The number of nitrogens with zero attached hydrogens (tertiary/aromatic N) is 5. The van der Waals surface area contributed by atoms with Crippen molar-refractivity contribution >= 4 is 5.82 Å². The molecule has 6 nitrogen and oxygen atoms in total. The number of nitrogens with two attached hydrogens (primary N) is 1. The molecule has 0 aliphatic carbocycles. The summed E-state index contributed by atoms with van der Waals surface area (Å²) < 4.78 is 3.33. The molecule has 0 radical (unpaired) electrons. The van der Waals surface area contributed by atoms with E-state index in [9.17, 15) is 0 Å². The van der Waals surface area contributed by atoms with Crippen LogP contribution < -0.4 is 5.73 Å². The highest BCUT2D eigenvalue weighted by atomic mass is 15.4. The second-order valence-corrected chi connectivity index (χ2v) is 2.86. The number of aromatic nitrogens is 5. The molecule has 68 valence electrons. The SMILES string of the molecule is Cc1nn(C)cc1-n1cc(N)nn1. The van der Waals surface area contributed by atoms with Crippen molar-refractivity contribution in [2.24, 2.45) is 7.05 Å². The van der Waals surface area contributed by atoms with Crippen molar-refractivity contribution in [3.8, 4) is 5.69 Å². The normalized spacial score (nSPS) is 10.6. The molecule has 0 aromatic carbocycles. The van der Waals surface area contributed by atoms with Crippen molar-refractivity contribution in [3.63, 3.8) is 0 Å². The van der Waals surface area contributed by atoms with Crippen LogP contribution in [0.4, 0.5) is 5.82 Å².